The van der Waals surface area contributed by atoms with E-state index in [0.717, 1.165) is 22.3 Å². The molecule has 28 heavy (non-hydrogen) atoms. The number of aryl methyl sites for hydroxylation is 1. The Kier molecular flexibility index (Phi) is 4.67. The van der Waals surface area contributed by atoms with Gasteiger partial charge in [-0.3, -0.25) is 4.98 Å². The molecule has 0 aliphatic carbocycles. The summed E-state index contributed by atoms with van der Waals surface area (Å²) in [6, 6.07) is 14.0. The van der Waals surface area contributed by atoms with Gasteiger partial charge in [-0.25, -0.2) is 14.4 Å². The molecule has 2 heterocycles. The van der Waals surface area contributed by atoms with Gasteiger partial charge in [0.25, 0.3) is 0 Å². The molecule has 6 nitrogen and oxygen atoms in total. The molecule has 4 N–H and O–H groups in total. The molecule has 2 aromatic heterocycles. The first-order valence-corrected chi connectivity index (χ1v) is 8.85. The van der Waals surface area contributed by atoms with Crippen LogP contribution in [0.15, 0.2) is 54.9 Å². The van der Waals surface area contributed by atoms with Crippen LogP contribution in [0.2, 0.25) is 5.02 Å². The summed E-state index contributed by atoms with van der Waals surface area (Å²) in [5.74, 6) is 0.332. The van der Waals surface area contributed by atoms with Crippen LogP contribution in [-0.4, -0.2) is 15.0 Å². The SMILES string of the molecule is Cc1ccc2c(Nc3ncnc(Nc4ccc(F)c(Cl)c4)c3N)cccc2n1. The lowest BCUT2D eigenvalue weighted by atomic mass is 10.1. The van der Waals surface area contributed by atoms with Crippen molar-refractivity contribution in [2.75, 3.05) is 16.4 Å². The number of nitrogens with zero attached hydrogens (tertiary/aromatic N) is 3. The standard InChI is InChI=1S/C20H16ClFN6/c1-11-5-7-13-16(26-11)3-2-4-17(13)28-20-18(23)19(24-10-25-20)27-12-6-8-15(22)14(21)9-12/h2-10H,23H2,1H3,(H2,24,25,27,28). The van der Waals surface area contributed by atoms with E-state index in [1.165, 1.54) is 18.5 Å². The Balaban J connectivity index is 1.66. The zero-order valence-electron chi connectivity index (χ0n) is 14.9. The van der Waals surface area contributed by atoms with Crippen LogP contribution in [0.4, 0.5) is 33.1 Å². The van der Waals surface area contributed by atoms with Gasteiger partial charge < -0.3 is 16.4 Å². The number of rotatable bonds is 4. The van der Waals surface area contributed by atoms with E-state index in [4.69, 9.17) is 17.3 Å². The summed E-state index contributed by atoms with van der Waals surface area (Å²) in [6.45, 7) is 1.95. The van der Waals surface area contributed by atoms with Crippen molar-refractivity contribution in [3.63, 3.8) is 0 Å². The van der Waals surface area contributed by atoms with E-state index in [1.54, 1.807) is 6.07 Å². The molecule has 8 heteroatoms. The van der Waals surface area contributed by atoms with Crippen LogP contribution in [0.25, 0.3) is 10.9 Å². The van der Waals surface area contributed by atoms with Crippen LogP contribution in [0.3, 0.4) is 0 Å². The fraction of sp³-hybridized carbons (Fsp3) is 0.0500. The largest absolute Gasteiger partial charge is 0.393 e. The number of anilines is 5. The third kappa shape index (κ3) is 3.52. The van der Waals surface area contributed by atoms with Gasteiger partial charge in [0, 0.05) is 22.5 Å². The Morgan fingerprint density at radius 1 is 1.00 bits per heavy atom. The molecule has 0 aliphatic rings. The zero-order chi connectivity index (χ0) is 19.7. The second-order valence-corrected chi connectivity index (χ2v) is 6.60. The number of nitrogen functional groups attached to an aromatic ring is 1. The molecule has 0 bridgehead atoms. The lowest BCUT2D eigenvalue weighted by molar-refractivity contribution is 0.628. The molecule has 0 saturated heterocycles. The van der Waals surface area contributed by atoms with Gasteiger partial charge in [-0.15, -0.1) is 0 Å². The maximum atomic E-state index is 13.4. The van der Waals surface area contributed by atoms with Crippen molar-refractivity contribution < 1.29 is 4.39 Å². The third-order valence-corrected chi connectivity index (χ3v) is 4.48. The van der Waals surface area contributed by atoms with Crippen molar-refractivity contribution in [2.45, 2.75) is 6.92 Å². The summed E-state index contributed by atoms with van der Waals surface area (Å²) >= 11 is 5.83. The second-order valence-electron chi connectivity index (χ2n) is 6.19. The van der Waals surface area contributed by atoms with E-state index in [-0.39, 0.29) is 5.02 Å². The average Bonchev–Trinajstić information content (AvgIpc) is 2.68. The van der Waals surface area contributed by atoms with Crippen LogP contribution in [0.1, 0.15) is 5.69 Å². The molecular weight excluding hydrogens is 379 g/mol. The summed E-state index contributed by atoms with van der Waals surface area (Å²) in [6.07, 6.45) is 1.39. The molecule has 4 rings (SSSR count). The fourth-order valence-electron chi connectivity index (χ4n) is 2.80. The smallest absolute Gasteiger partial charge is 0.159 e. The number of halogens is 2. The summed E-state index contributed by atoms with van der Waals surface area (Å²) in [5.41, 5.74) is 9.76. The van der Waals surface area contributed by atoms with Crippen molar-refractivity contribution in [2.24, 2.45) is 0 Å². The molecule has 4 aromatic rings. The predicted molar refractivity (Wildman–Crippen MR) is 111 cm³/mol. The molecule has 0 aliphatic heterocycles. The quantitative estimate of drug-likeness (QED) is 0.441. The Labute approximate surface area is 165 Å². The van der Waals surface area contributed by atoms with E-state index in [2.05, 4.69) is 25.6 Å². The van der Waals surface area contributed by atoms with Crippen LogP contribution < -0.4 is 16.4 Å². The number of aromatic nitrogens is 3. The summed E-state index contributed by atoms with van der Waals surface area (Å²) < 4.78 is 13.4. The molecule has 0 atom stereocenters. The van der Waals surface area contributed by atoms with Crippen LogP contribution in [0.5, 0.6) is 0 Å². The highest BCUT2D eigenvalue weighted by Gasteiger charge is 2.11. The van der Waals surface area contributed by atoms with Crippen molar-refractivity contribution in [1.29, 1.82) is 0 Å². The monoisotopic (exact) mass is 394 g/mol. The first kappa shape index (κ1) is 17.9. The van der Waals surface area contributed by atoms with Crippen molar-refractivity contribution >= 4 is 51.2 Å². The van der Waals surface area contributed by atoms with Gasteiger partial charge in [-0.1, -0.05) is 17.7 Å². The lowest BCUT2D eigenvalue weighted by Crippen LogP contribution is -2.05. The van der Waals surface area contributed by atoms with Gasteiger partial charge >= 0.3 is 0 Å². The van der Waals surface area contributed by atoms with Gasteiger partial charge in [-0.2, -0.15) is 0 Å². The molecule has 2 aromatic carbocycles. The van der Waals surface area contributed by atoms with Crippen molar-refractivity contribution in [3.8, 4) is 0 Å². The van der Waals surface area contributed by atoms with Gasteiger partial charge in [-0.05, 0) is 49.4 Å². The molecule has 0 spiro atoms. The average molecular weight is 395 g/mol. The van der Waals surface area contributed by atoms with Gasteiger partial charge in [0.1, 0.15) is 17.8 Å². The summed E-state index contributed by atoms with van der Waals surface area (Å²) in [7, 11) is 0. The zero-order valence-corrected chi connectivity index (χ0v) is 15.6. The number of pyridine rings is 1. The van der Waals surface area contributed by atoms with Gasteiger partial charge in [0.2, 0.25) is 0 Å². The van der Waals surface area contributed by atoms with E-state index in [0.29, 0.717) is 23.0 Å². The van der Waals surface area contributed by atoms with Crippen molar-refractivity contribution in [1.82, 2.24) is 15.0 Å². The first-order valence-electron chi connectivity index (χ1n) is 8.47. The Morgan fingerprint density at radius 2 is 1.79 bits per heavy atom. The Morgan fingerprint density at radius 3 is 2.57 bits per heavy atom. The minimum atomic E-state index is -0.495. The van der Waals surface area contributed by atoms with Gasteiger partial charge in [0.15, 0.2) is 11.6 Å². The number of nitrogens with two attached hydrogens (primary N) is 1. The molecule has 0 amide bonds. The first-order chi connectivity index (χ1) is 13.5. The van der Waals surface area contributed by atoms with Crippen molar-refractivity contribution in [3.05, 3.63) is 71.4 Å². The molecule has 0 unspecified atom stereocenters. The Bertz CT molecular complexity index is 1180. The third-order valence-electron chi connectivity index (χ3n) is 4.19. The second kappa shape index (κ2) is 7.28. The fourth-order valence-corrected chi connectivity index (χ4v) is 2.98. The minimum absolute atomic E-state index is 0.00882. The molecule has 0 fully saturated rings. The minimum Gasteiger partial charge on any atom is -0.393 e. The molecule has 140 valence electrons. The highest BCUT2D eigenvalue weighted by atomic mass is 35.5. The number of hydrogen-bond donors (Lipinski definition) is 3. The topological polar surface area (TPSA) is 88.8 Å². The van der Waals surface area contributed by atoms with E-state index in [1.807, 2.05) is 37.3 Å². The van der Waals surface area contributed by atoms with Crippen LogP contribution in [0, 0.1) is 12.7 Å². The van der Waals surface area contributed by atoms with Crippen LogP contribution in [-0.2, 0) is 0 Å². The maximum Gasteiger partial charge on any atom is 0.159 e. The number of benzene rings is 2. The van der Waals surface area contributed by atoms with E-state index in [9.17, 15) is 4.39 Å². The van der Waals surface area contributed by atoms with E-state index < -0.39 is 5.82 Å². The highest BCUT2D eigenvalue weighted by molar-refractivity contribution is 6.31. The lowest BCUT2D eigenvalue weighted by Gasteiger charge is -2.14. The summed E-state index contributed by atoms with van der Waals surface area (Å²) in [5, 5.41) is 7.23. The molecular formula is C20H16ClFN6. The van der Waals surface area contributed by atoms with E-state index >= 15 is 0 Å². The number of hydrogen-bond acceptors (Lipinski definition) is 6. The Hall–Kier alpha value is -3.45. The predicted octanol–water partition coefficient (Wildman–Crippen LogP) is 5.20. The molecule has 0 saturated carbocycles. The maximum absolute atomic E-state index is 13.4. The number of fused-ring (bicyclic) bond motifs is 1. The molecule has 0 radical (unpaired) electrons. The number of nitrogens with one attached hydrogen (secondary N) is 2. The van der Waals surface area contributed by atoms with Crippen LogP contribution >= 0.6 is 11.6 Å². The van der Waals surface area contributed by atoms with Gasteiger partial charge in [0.05, 0.1) is 10.5 Å². The normalized spacial score (nSPS) is 10.8. The highest BCUT2D eigenvalue weighted by Crippen LogP contribution is 2.31. The summed E-state index contributed by atoms with van der Waals surface area (Å²) in [4.78, 5) is 12.9.